The maximum atomic E-state index is 9.99. The van der Waals surface area contributed by atoms with E-state index in [-0.39, 0.29) is 0 Å². The lowest BCUT2D eigenvalue weighted by Crippen LogP contribution is -2.20. The van der Waals surface area contributed by atoms with Gasteiger partial charge in [-0.2, -0.15) is 5.10 Å². The van der Waals surface area contributed by atoms with Crippen LogP contribution in [0.1, 0.15) is 0 Å². The van der Waals surface area contributed by atoms with Crippen LogP contribution in [0.4, 0.5) is 17.2 Å². The van der Waals surface area contributed by atoms with Gasteiger partial charge in [0.05, 0.1) is 24.3 Å². The molecule has 5 rings (SSSR count). The molecule has 0 fully saturated rings. The van der Waals surface area contributed by atoms with Crippen molar-refractivity contribution in [2.24, 2.45) is 0 Å². The number of hydrogen-bond donors (Lipinski definition) is 3. The Bertz CT molecular complexity index is 1600. The van der Waals surface area contributed by atoms with E-state index in [0.29, 0.717) is 41.0 Å². The van der Waals surface area contributed by atoms with Gasteiger partial charge < -0.3 is 30.4 Å². The van der Waals surface area contributed by atoms with Crippen LogP contribution in [0.2, 0.25) is 6.82 Å². The monoisotopic (exact) mass is 511 g/mol. The molecular weight excluding hydrogens is 481 g/mol. The van der Waals surface area contributed by atoms with E-state index < -0.39 is 7.05 Å². The summed E-state index contributed by atoms with van der Waals surface area (Å²) < 4.78 is 13.3. The molecule has 0 aliphatic heterocycles. The number of hydrogen-bond acceptors (Lipinski definition) is 9. The molecule has 0 saturated carbocycles. The molecule has 0 aliphatic carbocycles. The minimum absolute atomic E-state index is 0.504. The first kappa shape index (κ1) is 25.3. The highest BCUT2D eigenvalue weighted by Crippen LogP contribution is 2.37. The molecule has 0 radical (unpaired) electrons. The zero-order valence-corrected chi connectivity index (χ0v) is 21.8. The summed E-state index contributed by atoms with van der Waals surface area (Å²) in [6.07, 6.45) is 1.73. The third-order valence-corrected chi connectivity index (χ3v) is 6.13. The molecule has 3 aromatic carbocycles. The lowest BCUT2D eigenvalue weighted by Gasteiger charge is -2.16. The molecule has 0 spiro atoms. The molecule has 0 saturated heterocycles. The number of nitrogens with one attached hydrogen (secondary N) is 1. The second-order valence-electron chi connectivity index (χ2n) is 9.31. The first-order chi connectivity index (χ1) is 18.3. The molecule has 0 bridgehead atoms. The van der Waals surface area contributed by atoms with E-state index in [4.69, 9.17) is 25.2 Å². The number of nitrogens with two attached hydrogens (primary N) is 1. The van der Waals surface area contributed by atoms with Gasteiger partial charge in [-0.3, -0.25) is 4.59 Å². The number of likely N-dealkylation sites (N-methyl/N-ethyl adjacent to an activating group) is 1. The Morgan fingerprint density at radius 3 is 2.66 bits per heavy atom. The topological polar surface area (TPSA) is 124 Å². The summed E-state index contributed by atoms with van der Waals surface area (Å²) in [4.78, 5) is 11.8. The van der Waals surface area contributed by atoms with Gasteiger partial charge in [-0.05, 0) is 57.3 Å². The first-order valence-electron chi connectivity index (χ1n) is 12.3. The van der Waals surface area contributed by atoms with E-state index in [1.807, 2.05) is 68.7 Å². The predicted molar refractivity (Wildman–Crippen MR) is 152 cm³/mol. The summed E-state index contributed by atoms with van der Waals surface area (Å²) in [5.41, 5.74) is 9.81. The Morgan fingerprint density at radius 1 is 1.08 bits per heavy atom. The number of ether oxygens (including phenoxy) is 2. The van der Waals surface area contributed by atoms with E-state index in [0.717, 1.165) is 34.1 Å². The van der Waals surface area contributed by atoms with Gasteiger partial charge >= 0.3 is 7.05 Å². The SMILES string of the molecule is COc1cc2nc(-c3cccc(N)c3)nc(Nc3ccc4c(cnn4B(C)O)c3)c2cc1OCCN(C)C. The van der Waals surface area contributed by atoms with Gasteiger partial charge in [-0.25, -0.2) is 9.97 Å². The van der Waals surface area contributed by atoms with E-state index >= 15 is 0 Å². The fraction of sp³-hybridized carbons (Fsp3) is 0.222. The van der Waals surface area contributed by atoms with Crippen molar-refractivity contribution in [2.75, 3.05) is 45.4 Å². The fourth-order valence-corrected chi connectivity index (χ4v) is 4.21. The highest BCUT2D eigenvalue weighted by atomic mass is 16.5. The van der Waals surface area contributed by atoms with Crippen molar-refractivity contribution < 1.29 is 14.5 Å². The predicted octanol–water partition coefficient (Wildman–Crippen LogP) is 3.88. The van der Waals surface area contributed by atoms with Gasteiger partial charge in [0.15, 0.2) is 17.3 Å². The highest BCUT2D eigenvalue weighted by molar-refractivity contribution is 6.47. The number of benzene rings is 3. The lowest BCUT2D eigenvalue weighted by molar-refractivity contribution is 0.251. The van der Waals surface area contributed by atoms with Gasteiger partial charge in [-0.1, -0.05) is 12.1 Å². The smallest absolute Gasteiger partial charge is 0.431 e. The molecule has 5 aromatic rings. The Kier molecular flexibility index (Phi) is 7.04. The first-order valence-corrected chi connectivity index (χ1v) is 12.3. The molecule has 11 heteroatoms. The summed E-state index contributed by atoms with van der Waals surface area (Å²) in [6, 6.07) is 17.0. The highest BCUT2D eigenvalue weighted by Gasteiger charge is 2.17. The van der Waals surface area contributed by atoms with Crippen molar-refractivity contribution in [2.45, 2.75) is 6.82 Å². The van der Waals surface area contributed by atoms with Crippen LogP contribution in [-0.4, -0.2) is 71.0 Å². The van der Waals surface area contributed by atoms with Gasteiger partial charge in [0.1, 0.15) is 12.4 Å². The van der Waals surface area contributed by atoms with Gasteiger partial charge in [0.25, 0.3) is 0 Å². The zero-order valence-electron chi connectivity index (χ0n) is 21.8. The van der Waals surface area contributed by atoms with Crippen molar-refractivity contribution >= 4 is 46.0 Å². The standard InChI is InChI=1S/C27H30BN7O3/c1-28(36)35-23-9-8-20(13-18(23)16-30-35)31-27-21-14-25(38-11-10-34(2)3)24(37-4)15-22(21)32-26(33-27)17-6-5-7-19(29)12-17/h5-9,12-16,36H,10-11,29H2,1-4H3,(H,31,32,33). The van der Waals surface area contributed by atoms with E-state index in [9.17, 15) is 5.02 Å². The summed E-state index contributed by atoms with van der Waals surface area (Å²) >= 11 is 0. The maximum absolute atomic E-state index is 9.99. The summed E-state index contributed by atoms with van der Waals surface area (Å²) in [6.45, 7) is 2.94. The van der Waals surface area contributed by atoms with Gasteiger partial charge in [0.2, 0.25) is 0 Å². The largest absolute Gasteiger partial charge is 0.493 e. The Morgan fingerprint density at radius 2 is 1.92 bits per heavy atom. The van der Waals surface area contributed by atoms with Crippen LogP contribution in [0.3, 0.4) is 0 Å². The number of anilines is 3. The number of nitrogens with zero attached hydrogens (tertiary/aromatic N) is 5. The van der Waals surface area contributed by atoms with Crippen LogP contribution in [-0.2, 0) is 0 Å². The number of rotatable bonds is 9. The average Bonchev–Trinajstić information content (AvgIpc) is 3.32. The zero-order chi connectivity index (χ0) is 26.8. The Hall–Kier alpha value is -4.35. The van der Waals surface area contributed by atoms with E-state index in [2.05, 4.69) is 15.3 Å². The minimum Gasteiger partial charge on any atom is -0.493 e. The van der Waals surface area contributed by atoms with Crippen molar-refractivity contribution in [3.8, 4) is 22.9 Å². The Balaban J connectivity index is 1.62. The normalized spacial score (nSPS) is 11.3. The molecule has 2 heterocycles. The molecule has 194 valence electrons. The van der Waals surface area contributed by atoms with Crippen molar-refractivity contribution in [3.05, 3.63) is 60.8 Å². The Labute approximate surface area is 221 Å². The molecule has 0 atom stereocenters. The average molecular weight is 511 g/mol. The molecule has 10 nitrogen and oxygen atoms in total. The number of fused-ring (bicyclic) bond motifs is 2. The minimum atomic E-state index is -0.723. The summed E-state index contributed by atoms with van der Waals surface area (Å²) in [7, 11) is 4.88. The second-order valence-corrected chi connectivity index (χ2v) is 9.31. The van der Waals surface area contributed by atoms with Crippen LogP contribution in [0.5, 0.6) is 11.5 Å². The van der Waals surface area contributed by atoms with Crippen molar-refractivity contribution in [1.82, 2.24) is 24.6 Å². The van der Waals surface area contributed by atoms with Crippen LogP contribution < -0.4 is 20.5 Å². The third-order valence-electron chi connectivity index (χ3n) is 6.13. The molecule has 0 amide bonds. The van der Waals surface area contributed by atoms with E-state index in [1.165, 1.54) is 0 Å². The van der Waals surface area contributed by atoms with Crippen LogP contribution in [0, 0.1) is 0 Å². The lowest BCUT2D eigenvalue weighted by atomic mass is 9.89. The molecule has 0 unspecified atom stereocenters. The fourth-order valence-electron chi connectivity index (χ4n) is 4.21. The number of nitrogen functional groups attached to an aromatic ring is 1. The molecule has 0 aliphatic rings. The van der Waals surface area contributed by atoms with Crippen molar-refractivity contribution in [3.63, 3.8) is 0 Å². The van der Waals surface area contributed by atoms with Crippen LogP contribution >= 0.6 is 0 Å². The quantitative estimate of drug-likeness (QED) is 0.200. The molecule has 38 heavy (non-hydrogen) atoms. The van der Waals surface area contributed by atoms with E-state index in [1.54, 1.807) is 24.7 Å². The number of aromatic nitrogens is 4. The molecule has 4 N–H and O–H groups in total. The van der Waals surface area contributed by atoms with Crippen molar-refractivity contribution in [1.29, 1.82) is 0 Å². The van der Waals surface area contributed by atoms with Gasteiger partial charge in [0, 0.05) is 40.3 Å². The second kappa shape index (κ2) is 10.6. The summed E-state index contributed by atoms with van der Waals surface area (Å²) in [5.74, 6) is 2.33. The van der Waals surface area contributed by atoms with Crippen LogP contribution in [0.25, 0.3) is 33.2 Å². The third kappa shape index (κ3) is 5.20. The number of methoxy groups -OCH3 is 1. The summed E-state index contributed by atoms with van der Waals surface area (Å²) in [5, 5.41) is 19.4. The van der Waals surface area contributed by atoms with Gasteiger partial charge in [-0.15, -0.1) is 0 Å². The molecule has 2 aromatic heterocycles. The van der Waals surface area contributed by atoms with Crippen LogP contribution in [0.15, 0.2) is 60.8 Å². The maximum Gasteiger partial charge on any atom is 0.431 e. The molecular formula is C27H30BN7O3.